The summed E-state index contributed by atoms with van der Waals surface area (Å²) in [6, 6.07) is 0. The maximum absolute atomic E-state index is 10.6. The van der Waals surface area contributed by atoms with Crippen LogP contribution in [0, 0.1) is 11.8 Å². The average Bonchev–Trinajstić information content (AvgIpc) is 2.88. The summed E-state index contributed by atoms with van der Waals surface area (Å²) in [5, 5.41) is 11.1. The van der Waals surface area contributed by atoms with Gasteiger partial charge in [-0.05, 0) is 67.4 Å². The lowest BCUT2D eigenvalue weighted by Gasteiger charge is -2.40. The molecule has 0 bridgehead atoms. The normalized spacial score (nSPS) is 34.4. The smallest absolute Gasteiger partial charge is 0.192 e. The van der Waals surface area contributed by atoms with Crippen molar-refractivity contribution < 1.29 is 14.0 Å². The van der Waals surface area contributed by atoms with E-state index in [-0.39, 0.29) is 22.3 Å². The van der Waals surface area contributed by atoms with Crippen molar-refractivity contribution in [3.8, 4) is 0 Å². The molecule has 2 aliphatic carbocycles. The van der Waals surface area contributed by atoms with E-state index in [1.54, 1.807) is 0 Å². The van der Waals surface area contributed by atoms with Gasteiger partial charge in [-0.2, -0.15) is 0 Å². The van der Waals surface area contributed by atoms with Crippen LogP contribution in [-0.4, -0.2) is 40.1 Å². The van der Waals surface area contributed by atoms with Crippen LogP contribution in [-0.2, 0) is 8.85 Å². The highest BCUT2D eigenvalue weighted by Crippen LogP contribution is 2.50. The molecule has 0 saturated heterocycles. The Kier molecular flexibility index (Phi) is 5.82. The molecule has 2 fully saturated rings. The van der Waals surface area contributed by atoms with Gasteiger partial charge in [0.25, 0.3) is 0 Å². The van der Waals surface area contributed by atoms with Crippen LogP contribution >= 0.6 is 0 Å². The number of aliphatic hydroxyl groups is 1. The van der Waals surface area contributed by atoms with Gasteiger partial charge in [-0.25, -0.2) is 0 Å². The first kappa shape index (κ1) is 21.6. The molecular formula is C20H42O3Si2. The van der Waals surface area contributed by atoms with Gasteiger partial charge in [0.05, 0.1) is 12.2 Å². The predicted octanol–water partition coefficient (Wildman–Crippen LogP) is 5.56. The van der Waals surface area contributed by atoms with Crippen LogP contribution in [0.15, 0.2) is 0 Å². The molecule has 25 heavy (non-hydrogen) atoms. The lowest BCUT2D eigenvalue weighted by molar-refractivity contribution is 0.0945. The molecule has 0 aromatic heterocycles. The second-order valence-corrected chi connectivity index (χ2v) is 21.0. The van der Waals surface area contributed by atoms with Crippen molar-refractivity contribution >= 4 is 16.6 Å². The SMILES string of the molecule is CC(C)(C)[Si](C)(C)O[C@H]1C[C@@H]2[C@H](C1)[C@H](O[Si](C)(C)C(C)(C)C)C[C@@H]2O. The largest absolute Gasteiger partial charge is 0.414 e. The highest BCUT2D eigenvalue weighted by Gasteiger charge is 2.53. The molecule has 0 aliphatic heterocycles. The topological polar surface area (TPSA) is 38.7 Å². The summed E-state index contributed by atoms with van der Waals surface area (Å²) in [4.78, 5) is 0. The second kappa shape index (κ2) is 6.73. The number of rotatable bonds is 4. The summed E-state index contributed by atoms with van der Waals surface area (Å²) in [6.45, 7) is 23.1. The lowest BCUT2D eigenvalue weighted by Crippen LogP contribution is -2.45. The van der Waals surface area contributed by atoms with Crippen LogP contribution < -0.4 is 0 Å². The number of hydrogen-bond acceptors (Lipinski definition) is 3. The van der Waals surface area contributed by atoms with Crippen LogP contribution in [0.2, 0.25) is 36.3 Å². The zero-order chi connectivity index (χ0) is 19.4. The molecule has 0 heterocycles. The number of aliphatic hydroxyl groups excluding tert-OH is 1. The maximum Gasteiger partial charge on any atom is 0.192 e. The van der Waals surface area contributed by atoms with Crippen LogP contribution in [0.25, 0.3) is 0 Å². The third-order valence-electron chi connectivity index (χ3n) is 7.59. The Labute approximate surface area is 158 Å². The Hall–Kier alpha value is 0.314. The minimum atomic E-state index is -1.80. The van der Waals surface area contributed by atoms with Crippen LogP contribution in [0.1, 0.15) is 60.8 Å². The lowest BCUT2D eigenvalue weighted by atomic mass is 9.98. The first-order valence-corrected chi connectivity index (χ1v) is 15.9. The van der Waals surface area contributed by atoms with E-state index in [0.717, 1.165) is 19.3 Å². The van der Waals surface area contributed by atoms with E-state index in [4.69, 9.17) is 8.85 Å². The Balaban J connectivity index is 2.06. The summed E-state index contributed by atoms with van der Waals surface area (Å²) >= 11 is 0. The minimum absolute atomic E-state index is 0.214. The van der Waals surface area contributed by atoms with Gasteiger partial charge in [0.15, 0.2) is 16.6 Å². The van der Waals surface area contributed by atoms with Gasteiger partial charge >= 0.3 is 0 Å². The molecule has 1 N–H and O–H groups in total. The molecule has 5 heteroatoms. The van der Waals surface area contributed by atoms with E-state index in [1.165, 1.54) is 0 Å². The molecule has 2 aliphatic rings. The fourth-order valence-corrected chi connectivity index (χ4v) is 6.65. The van der Waals surface area contributed by atoms with Crippen molar-refractivity contribution in [2.24, 2.45) is 11.8 Å². The van der Waals surface area contributed by atoms with E-state index in [1.807, 2.05) is 0 Å². The van der Waals surface area contributed by atoms with Crippen LogP contribution in [0.5, 0.6) is 0 Å². The molecule has 0 amide bonds. The highest BCUT2D eigenvalue weighted by molar-refractivity contribution is 6.74. The van der Waals surface area contributed by atoms with E-state index in [0.29, 0.717) is 17.9 Å². The van der Waals surface area contributed by atoms with Gasteiger partial charge < -0.3 is 14.0 Å². The van der Waals surface area contributed by atoms with Crippen molar-refractivity contribution in [2.45, 2.75) is 115 Å². The van der Waals surface area contributed by atoms with Gasteiger partial charge in [0.1, 0.15) is 0 Å². The van der Waals surface area contributed by atoms with Crippen LogP contribution in [0.4, 0.5) is 0 Å². The maximum atomic E-state index is 10.6. The molecular weight excluding hydrogens is 344 g/mol. The molecule has 0 aromatic carbocycles. The third kappa shape index (κ3) is 4.42. The summed E-state index contributed by atoms with van der Waals surface area (Å²) < 4.78 is 13.4. The summed E-state index contributed by atoms with van der Waals surface area (Å²) in [5.41, 5.74) is 0. The van der Waals surface area contributed by atoms with Crippen molar-refractivity contribution in [2.75, 3.05) is 0 Å². The molecule has 148 valence electrons. The van der Waals surface area contributed by atoms with E-state index in [2.05, 4.69) is 67.7 Å². The van der Waals surface area contributed by atoms with Gasteiger partial charge in [-0.1, -0.05) is 41.5 Å². The molecule has 3 nitrogen and oxygen atoms in total. The molecule has 0 spiro atoms. The minimum Gasteiger partial charge on any atom is -0.414 e. The van der Waals surface area contributed by atoms with Crippen molar-refractivity contribution in [3.63, 3.8) is 0 Å². The second-order valence-electron chi connectivity index (χ2n) is 11.5. The summed E-state index contributed by atoms with van der Waals surface area (Å²) in [7, 11) is -3.55. The Bertz CT molecular complexity index is 476. The van der Waals surface area contributed by atoms with Crippen LogP contribution in [0.3, 0.4) is 0 Å². The van der Waals surface area contributed by atoms with Crippen molar-refractivity contribution in [3.05, 3.63) is 0 Å². The highest BCUT2D eigenvalue weighted by atomic mass is 28.4. The number of hydrogen-bond donors (Lipinski definition) is 1. The fourth-order valence-electron chi connectivity index (χ4n) is 3.89. The molecule has 5 atom stereocenters. The van der Waals surface area contributed by atoms with Gasteiger partial charge in [-0.15, -0.1) is 0 Å². The molecule has 2 rings (SSSR count). The fraction of sp³-hybridized carbons (Fsp3) is 1.00. The first-order valence-electron chi connectivity index (χ1n) is 10.1. The molecule has 0 radical (unpaired) electrons. The average molecular weight is 387 g/mol. The predicted molar refractivity (Wildman–Crippen MR) is 111 cm³/mol. The van der Waals surface area contributed by atoms with Crippen molar-refractivity contribution in [1.29, 1.82) is 0 Å². The zero-order valence-electron chi connectivity index (χ0n) is 18.3. The molecule has 0 unspecified atom stereocenters. The monoisotopic (exact) mass is 386 g/mol. The van der Waals surface area contributed by atoms with Gasteiger partial charge in [0, 0.05) is 6.10 Å². The van der Waals surface area contributed by atoms with E-state index in [9.17, 15) is 5.11 Å². The first-order chi connectivity index (χ1) is 11.1. The van der Waals surface area contributed by atoms with E-state index >= 15 is 0 Å². The molecule has 0 aromatic rings. The number of fused-ring (bicyclic) bond motifs is 1. The third-order valence-corrected chi connectivity index (χ3v) is 16.6. The Morgan fingerprint density at radius 2 is 1.16 bits per heavy atom. The van der Waals surface area contributed by atoms with Crippen molar-refractivity contribution in [1.82, 2.24) is 0 Å². The van der Waals surface area contributed by atoms with Gasteiger partial charge in [0.2, 0.25) is 0 Å². The van der Waals surface area contributed by atoms with E-state index < -0.39 is 16.6 Å². The summed E-state index contributed by atoms with van der Waals surface area (Å²) in [6.07, 6.45) is 3.19. The Morgan fingerprint density at radius 1 is 0.720 bits per heavy atom. The zero-order valence-corrected chi connectivity index (χ0v) is 20.3. The molecule has 2 saturated carbocycles. The summed E-state index contributed by atoms with van der Waals surface area (Å²) in [5.74, 6) is 0.837. The quantitative estimate of drug-likeness (QED) is 0.643. The Morgan fingerprint density at radius 3 is 1.64 bits per heavy atom. The standard InChI is InChI=1S/C20H42O3Si2/c1-19(2,3)24(7,8)22-14-11-15-16(12-14)18(13-17(15)21)23-25(9,10)20(4,5)6/h14-18,21H,11-13H2,1-10H3/t14-,15+,16-,17-,18+/m0/s1. The van der Waals surface area contributed by atoms with Gasteiger partial charge in [-0.3, -0.25) is 0 Å².